The average molecular weight is 190 g/mol. The molecule has 3 heteroatoms. The highest BCUT2D eigenvalue weighted by atomic mass is 16.1. The Bertz CT molecular complexity index is 374. The molecule has 0 radical (unpaired) electrons. The highest BCUT2D eigenvalue weighted by Crippen LogP contribution is 2.26. The summed E-state index contributed by atoms with van der Waals surface area (Å²) in [6, 6.07) is 6.18. The molecule has 1 unspecified atom stereocenters. The SMILES string of the molecule is CC(=O)NC1Cc2cccc(N)c2C1. The number of nitrogen functional groups attached to an aromatic ring is 1. The fourth-order valence-electron chi connectivity index (χ4n) is 2.07. The Hall–Kier alpha value is -1.51. The largest absolute Gasteiger partial charge is 0.398 e. The van der Waals surface area contributed by atoms with Gasteiger partial charge in [-0.25, -0.2) is 0 Å². The molecule has 1 amide bonds. The molecule has 0 aromatic heterocycles. The number of carbonyl (C=O) groups excluding carboxylic acids is 1. The number of carbonyl (C=O) groups is 1. The number of amides is 1. The van der Waals surface area contributed by atoms with Crippen molar-refractivity contribution < 1.29 is 4.79 Å². The predicted molar refractivity (Wildman–Crippen MR) is 55.9 cm³/mol. The van der Waals surface area contributed by atoms with Crippen LogP contribution in [-0.4, -0.2) is 11.9 Å². The molecule has 1 aliphatic carbocycles. The second-order valence-electron chi connectivity index (χ2n) is 3.79. The summed E-state index contributed by atoms with van der Waals surface area (Å²) in [6.45, 7) is 1.55. The van der Waals surface area contributed by atoms with Crippen LogP contribution in [0.3, 0.4) is 0 Å². The summed E-state index contributed by atoms with van der Waals surface area (Å²) in [5, 5.41) is 2.92. The maximum atomic E-state index is 10.9. The summed E-state index contributed by atoms with van der Waals surface area (Å²) >= 11 is 0. The van der Waals surface area contributed by atoms with Crippen LogP contribution in [-0.2, 0) is 17.6 Å². The van der Waals surface area contributed by atoms with Gasteiger partial charge in [-0.3, -0.25) is 4.79 Å². The third-order valence-electron chi connectivity index (χ3n) is 2.63. The third-order valence-corrected chi connectivity index (χ3v) is 2.63. The fraction of sp³-hybridized carbons (Fsp3) is 0.364. The molecule has 0 bridgehead atoms. The second-order valence-corrected chi connectivity index (χ2v) is 3.79. The zero-order valence-corrected chi connectivity index (χ0v) is 8.21. The first-order chi connectivity index (χ1) is 6.66. The van der Waals surface area contributed by atoms with Gasteiger partial charge in [-0.2, -0.15) is 0 Å². The van der Waals surface area contributed by atoms with E-state index in [0.29, 0.717) is 0 Å². The van der Waals surface area contributed by atoms with Gasteiger partial charge in [0.2, 0.25) is 5.91 Å². The molecule has 0 heterocycles. The van der Waals surface area contributed by atoms with E-state index in [9.17, 15) is 4.79 Å². The average Bonchev–Trinajstić information content (AvgIpc) is 2.47. The van der Waals surface area contributed by atoms with Crippen molar-refractivity contribution in [2.75, 3.05) is 5.73 Å². The van der Waals surface area contributed by atoms with Gasteiger partial charge in [-0.05, 0) is 30.0 Å². The summed E-state index contributed by atoms with van der Waals surface area (Å²) in [7, 11) is 0. The molecule has 14 heavy (non-hydrogen) atoms. The van der Waals surface area contributed by atoms with Crippen LogP contribution in [0.25, 0.3) is 0 Å². The van der Waals surface area contributed by atoms with Crippen molar-refractivity contribution in [1.29, 1.82) is 0 Å². The quantitative estimate of drug-likeness (QED) is 0.646. The molecular formula is C11H14N2O. The second kappa shape index (κ2) is 3.33. The van der Waals surface area contributed by atoms with Crippen molar-refractivity contribution in [2.45, 2.75) is 25.8 Å². The first-order valence-corrected chi connectivity index (χ1v) is 4.80. The molecule has 0 fully saturated rings. The first-order valence-electron chi connectivity index (χ1n) is 4.80. The van der Waals surface area contributed by atoms with Crippen LogP contribution in [0.5, 0.6) is 0 Å². The maximum absolute atomic E-state index is 10.9. The first kappa shape index (κ1) is 9.06. The zero-order valence-electron chi connectivity index (χ0n) is 8.21. The molecule has 74 valence electrons. The van der Waals surface area contributed by atoms with Crippen LogP contribution in [0.1, 0.15) is 18.1 Å². The van der Waals surface area contributed by atoms with Gasteiger partial charge in [0.15, 0.2) is 0 Å². The lowest BCUT2D eigenvalue weighted by molar-refractivity contribution is -0.119. The van der Waals surface area contributed by atoms with Crippen LogP contribution < -0.4 is 11.1 Å². The van der Waals surface area contributed by atoms with Gasteiger partial charge in [-0.15, -0.1) is 0 Å². The molecule has 1 atom stereocenters. The fourth-order valence-corrected chi connectivity index (χ4v) is 2.07. The lowest BCUT2D eigenvalue weighted by Crippen LogP contribution is -2.33. The van der Waals surface area contributed by atoms with Crippen LogP contribution >= 0.6 is 0 Å². The maximum Gasteiger partial charge on any atom is 0.217 e. The Balaban J connectivity index is 2.18. The lowest BCUT2D eigenvalue weighted by atomic mass is 10.1. The number of benzene rings is 1. The van der Waals surface area contributed by atoms with Gasteiger partial charge in [0.25, 0.3) is 0 Å². The van der Waals surface area contributed by atoms with E-state index in [1.54, 1.807) is 6.92 Å². The highest BCUT2D eigenvalue weighted by molar-refractivity contribution is 5.73. The molecule has 0 spiro atoms. The highest BCUT2D eigenvalue weighted by Gasteiger charge is 2.23. The van der Waals surface area contributed by atoms with Crippen molar-refractivity contribution in [1.82, 2.24) is 5.32 Å². The smallest absolute Gasteiger partial charge is 0.217 e. The molecular weight excluding hydrogens is 176 g/mol. The predicted octanol–water partition coefficient (Wildman–Crippen LogP) is 0.872. The molecule has 3 nitrogen and oxygen atoms in total. The number of anilines is 1. The number of hydrogen-bond acceptors (Lipinski definition) is 2. The van der Waals surface area contributed by atoms with Crippen LogP contribution in [0.15, 0.2) is 18.2 Å². The number of fused-ring (bicyclic) bond motifs is 1. The standard InChI is InChI=1S/C11H14N2O/c1-7(14)13-9-5-8-3-2-4-11(12)10(8)6-9/h2-4,9H,5-6,12H2,1H3,(H,13,14). The third kappa shape index (κ3) is 1.58. The molecule has 3 N–H and O–H groups in total. The van der Waals surface area contributed by atoms with Crippen molar-refractivity contribution >= 4 is 11.6 Å². The van der Waals surface area contributed by atoms with E-state index >= 15 is 0 Å². The van der Waals surface area contributed by atoms with Crippen molar-refractivity contribution in [3.8, 4) is 0 Å². The van der Waals surface area contributed by atoms with E-state index in [1.165, 1.54) is 11.1 Å². The molecule has 1 aromatic rings. The lowest BCUT2D eigenvalue weighted by Gasteiger charge is -2.08. The molecule has 2 rings (SSSR count). The minimum atomic E-state index is 0.0291. The Morgan fingerprint density at radius 2 is 2.29 bits per heavy atom. The normalized spacial score (nSPS) is 19.1. The van der Waals surface area contributed by atoms with Crippen LogP contribution in [0.4, 0.5) is 5.69 Å². The topological polar surface area (TPSA) is 55.1 Å². The van der Waals surface area contributed by atoms with E-state index in [1.807, 2.05) is 12.1 Å². The van der Waals surface area contributed by atoms with Gasteiger partial charge >= 0.3 is 0 Å². The number of nitrogens with two attached hydrogens (primary N) is 1. The van der Waals surface area contributed by atoms with E-state index in [-0.39, 0.29) is 11.9 Å². The van der Waals surface area contributed by atoms with Crippen LogP contribution in [0.2, 0.25) is 0 Å². The minimum Gasteiger partial charge on any atom is -0.398 e. The van der Waals surface area contributed by atoms with Gasteiger partial charge in [0.1, 0.15) is 0 Å². The summed E-state index contributed by atoms with van der Waals surface area (Å²) in [4.78, 5) is 10.9. The summed E-state index contributed by atoms with van der Waals surface area (Å²) in [6.07, 6.45) is 1.77. The Labute approximate surface area is 83.3 Å². The van der Waals surface area contributed by atoms with E-state index in [0.717, 1.165) is 18.5 Å². The van der Waals surface area contributed by atoms with Crippen molar-refractivity contribution in [3.05, 3.63) is 29.3 Å². The Morgan fingerprint density at radius 3 is 2.93 bits per heavy atom. The summed E-state index contributed by atoms with van der Waals surface area (Å²) in [5.74, 6) is 0.0291. The number of hydrogen-bond donors (Lipinski definition) is 2. The minimum absolute atomic E-state index is 0.0291. The van der Waals surface area contributed by atoms with E-state index in [2.05, 4.69) is 11.4 Å². The number of rotatable bonds is 1. The van der Waals surface area contributed by atoms with Crippen LogP contribution in [0, 0.1) is 0 Å². The van der Waals surface area contributed by atoms with E-state index in [4.69, 9.17) is 5.73 Å². The summed E-state index contributed by atoms with van der Waals surface area (Å²) in [5.41, 5.74) is 9.16. The van der Waals surface area contributed by atoms with Crippen molar-refractivity contribution in [3.63, 3.8) is 0 Å². The zero-order chi connectivity index (χ0) is 10.1. The van der Waals surface area contributed by atoms with Gasteiger partial charge in [0.05, 0.1) is 0 Å². The monoisotopic (exact) mass is 190 g/mol. The summed E-state index contributed by atoms with van der Waals surface area (Å²) < 4.78 is 0. The van der Waals surface area contributed by atoms with Gasteiger partial charge in [-0.1, -0.05) is 12.1 Å². The number of nitrogens with one attached hydrogen (secondary N) is 1. The van der Waals surface area contributed by atoms with E-state index < -0.39 is 0 Å². The molecule has 1 aromatic carbocycles. The Morgan fingerprint density at radius 1 is 1.50 bits per heavy atom. The molecule has 1 aliphatic rings. The van der Waals surface area contributed by atoms with Crippen molar-refractivity contribution in [2.24, 2.45) is 0 Å². The Kier molecular flexibility index (Phi) is 2.15. The molecule has 0 aliphatic heterocycles. The molecule has 0 saturated carbocycles. The van der Waals surface area contributed by atoms with Gasteiger partial charge in [0, 0.05) is 18.7 Å². The van der Waals surface area contributed by atoms with Gasteiger partial charge < -0.3 is 11.1 Å². The molecule has 0 saturated heterocycles.